The van der Waals surface area contributed by atoms with Crippen LogP contribution in [0.1, 0.15) is 12.5 Å². The molecule has 3 rings (SSSR count). The fourth-order valence-electron chi connectivity index (χ4n) is 2.25. The zero-order chi connectivity index (χ0) is 19.2. The number of aromatic nitrogens is 2. The van der Waals surface area contributed by atoms with Crippen LogP contribution in [0.3, 0.4) is 0 Å². The zero-order valence-electron chi connectivity index (χ0n) is 14.8. The zero-order valence-corrected chi connectivity index (χ0v) is 16.4. The number of carbonyl (C=O) groups excluding carboxylic acids is 1. The van der Waals surface area contributed by atoms with Crippen molar-refractivity contribution < 1.29 is 14.3 Å². The fraction of sp³-hybridized carbons (Fsp3) is 0.150. The molecule has 2 aromatic carbocycles. The molecule has 6 nitrogen and oxygen atoms in total. The van der Waals surface area contributed by atoms with E-state index in [1.54, 1.807) is 43.6 Å². The lowest BCUT2D eigenvalue weighted by Gasteiger charge is -2.16. The Labute approximate surface area is 165 Å². The first-order chi connectivity index (χ1) is 13.0. The molecule has 138 valence electrons. The lowest BCUT2D eigenvalue weighted by molar-refractivity contribution is -0.122. The third kappa shape index (κ3) is 5.27. The third-order valence-corrected chi connectivity index (χ3v) is 4.26. The molecule has 1 unspecified atom stereocenters. The highest BCUT2D eigenvalue weighted by Gasteiger charge is 2.16. The van der Waals surface area contributed by atoms with Crippen LogP contribution in [0.25, 0.3) is 0 Å². The summed E-state index contributed by atoms with van der Waals surface area (Å²) in [6, 6.07) is 12.7. The van der Waals surface area contributed by atoms with Gasteiger partial charge in [-0.2, -0.15) is 0 Å². The summed E-state index contributed by atoms with van der Waals surface area (Å²) in [6.45, 7) is 3.69. The van der Waals surface area contributed by atoms with Crippen LogP contribution < -0.4 is 14.8 Å². The van der Waals surface area contributed by atoms with Gasteiger partial charge in [0.25, 0.3) is 5.91 Å². The molecule has 0 radical (unpaired) electrons. The number of hydrogen-bond acceptors (Lipinski definition) is 5. The number of benzene rings is 2. The summed E-state index contributed by atoms with van der Waals surface area (Å²) >= 11 is 3.45. The van der Waals surface area contributed by atoms with Crippen molar-refractivity contribution in [2.45, 2.75) is 20.0 Å². The van der Waals surface area contributed by atoms with E-state index in [1.165, 1.54) is 6.20 Å². The number of nitrogens with zero attached hydrogens (tertiary/aromatic N) is 2. The summed E-state index contributed by atoms with van der Waals surface area (Å²) in [7, 11) is 0. The molecule has 7 heteroatoms. The van der Waals surface area contributed by atoms with Crippen LogP contribution in [0, 0.1) is 6.92 Å². The summed E-state index contributed by atoms with van der Waals surface area (Å²) < 4.78 is 12.1. The Hall–Kier alpha value is -2.93. The van der Waals surface area contributed by atoms with Gasteiger partial charge >= 0.3 is 0 Å². The van der Waals surface area contributed by atoms with E-state index < -0.39 is 6.10 Å². The molecule has 0 saturated heterocycles. The van der Waals surface area contributed by atoms with Crippen LogP contribution in [-0.2, 0) is 4.79 Å². The van der Waals surface area contributed by atoms with E-state index in [0.717, 1.165) is 10.0 Å². The molecule has 3 aromatic rings. The Balaban J connectivity index is 1.58. The number of amides is 1. The standard InChI is InChI=1S/C20H18BrN3O3/c1-13-3-8-18(17(21)11-13)26-14(2)20(25)24-15-4-6-16(7-5-15)27-19-12-22-9-10-23-19/h3-12,14H,1-2H3,(H,24,25). The second-order valence-corrected chi connectivity index (χ2v) is 6.71. The molecule has 1 heterocycles. The lowest BCUT2D eigenvalue weighted by atomic mass is 10.2. The number of aryl methyl sites for hydroxylation is 1. The van der Waals surface area contributed by atoms with E-state index in [4.69, 9.17) is 9.47 Å². The van der Waals surface area contributed by atoms with Gasteiger partial charge in [0, 0.05) is 18.1 Å². The third-order valence-electron chi connectivity index (χ3n) is 3.64. The molecule has 0 spiro atoms. The summed E-state index contributed by atoms with van der Waals surface area (Å²) in [6.07, 6.45) is 4.00. The van der Waals surface area contributed by atoms with Crippen LogP contribution in [0.15, 0.2) is 65.5 Å². The number of nitrogens with one attached hydrogen (secondary N) is 1. The van der Waals surface area contributed by atoms with Crippen molar-refractivity contribution in [2.75, 3.05) is 5.32 Å². The smallest absolute Gasteiger partial charge is 0.265 e. The number of rotatable bonds is 6. The van der Waals surface area contributed by atoms with E-state index >= 15 is 0 Å². The van der Waals surface area contributed by atoms with Crippen molar-refractivity contribution in [2.24, 2.45) is 0 Å². The maximum absolute atomic E-state index is 12.4. The normalized spacial score (nSPS) is 11.5. The van der Waals surface area contributed by atoms with Crippen LogP contribution in [0.2, 0.25) is 0 Å². The molecule has 0 fully saturated rings. The predicted octanol–water partition coefficient (Wildman–Crippen LogP) is 4.75. The predicted molar refractivity (Wildman–Crippen MR) is 106 cm³/mol. The number of anilines is 1. The highest BCUT2D eigenvalue weighted by molar-refractivity contribution is 9.10. The van der Waals surface area contributed by atoms with Crippen molar-refractivity contribution in [3.8, 4) is 17.4 Å². The van der Waals surface area contributed by atoms with Gasteiger partial charge < -0.3 is 14.8 Å². The first-order valence-corrected chi connectivity index (χ1v) is 9.08. The molecule has 0 aliphatic heterocycles. The van der Waals surface area contributed by atoms with Gasteiger partial charge in [0.15, 0.2) is 6.10 Å². The van der Waals surface area contributed by atoms with Gasteiger partial charge in [0.1, 0.15) is 11.5 Å². The number of carbonyl (C=O) groups is 1. The van der Waals surface area contributed by atoms with Crippen LogP contribution in [0.5, 0.6) is 17.4 Å². The number of halogens is 1. The van der Waals surface area contributed by atoms with Crippen LogP contribution in [0.4, 0.5) is 5.69 Å². The van der Waals surface area contributed by atoms with Crippen LogP contribution >= 0.6 is 15.9 Å². The van der Waals surface area contributed by atoms with Gasteiger partial charge in [-0.3, -0.25) is 9.78 Å². The highest BCUT2D eigenvalue weighted by Crippen LogP contribution is 2.27. The van der Waals surface area contributed by atoms with Gasteiger partial charge in [-0.05, 0) is 71.7 Å². The summed E-state index contributed by atoms with van der Waals surface area (Å²) in [5, 5.41) is 2.82. The Kier molecular flexibility index (Phi) is 6.03. The number of hydrogen-bond donors (Lipinski definition) is 1. The SMILES string of the molecule is Cc1ccc(OC(C)C(=O)Nc2ccc(Oc3cnccn3)cc2)c(Br)c1. The quantitative estimate of drug-likeness (QED) is 0.614. The van der Waals surface area contributed by atoms with Crippen molar-refractivity contribution in [1.29, 1.82) is 0 Å². The Morgan fingerprint density at radius 3 is 2.59 bits per heavy atom. The van der Waals surface area contributed by atoms with Crippen molar-refractivity contribution in [3.63, 3.8) is 0 Å². The van der Waals surface area contributed by atoms with Gasteiger partial charge in [-0.25, -0.2) is 4.98 Å². The van der Waals surface area contributed by atoms with Crippen molar-refractivity contribution in [1.82, 2.24) is 9.97 Å². The molecular formula is C20H18BrN3O3. The second kappa shape index (κ2) is 8.64. The Bertz CT molecular complexity index is 918. The summed E-state index contributed by atoms with van der Waals surface area (Å²) in [5.41, 5.74) is 1.75. The molecule has 0 aliphatic rings. The van der Waals surface area contributed by atoms with Gasteiger partial charge in [-0.1, -0.05) is 6.07 Å². The monoisotopic (exact) mass is 427 g/mol. The minimum absolute atomic E-state index is 0.245. The van der Waals surface area contributed by atoms with E-state index in [0.29, 0.717) is 23.1 Å². The largest absolute Gasteiger partial charge is 0.480 e. The molecular weight excluding hydrogens is 410 g/mol. The second-order valence-electron chi connectivity index (χ2n) is 5.85. The topological polar surface area (TPSA) is 73.3 Å². The Morgan fingerprint density at radius 2 is 1.93 bits per heavy atom. The molecule has 1 aromatic heterocycles. The molecule has 1 N–H and O–H groups in total. The first kappa shape index (κ1) is 18.8. The average molecular weight is 428 g/mol. The molecule has 0 saturated carbocycles. The maximum atomic E-state index is 12.4. The first-order valence-electron chi connectivity index (χ1n) is 8.29. The van der Waals surface area contributed by atoms with E-state index in [2.05, 4.69) is 31.2 Å². The van der Waals surface area contributed by atoms with E-state index in [1.807, 2.05) is 25.1 Å². The van der Waals surface area contributed by atoms with Crippen molar-refractivity contribution >= 4 is 27.5 Å². The highest BCUT2D eigenvalue weighted by atomic mass is 79.9. The Morgan fingerprint density at radius 1 is 1.15 bits per heavy atom. The summed E-state index contributed by atoms with van der Waals surface area (Å²) in [4.78, 5) is 20.4. The van der Waals surface area contributed by atoms with Crippen molar-refractivity contribution in [3.05, 3.63) is 71.1 Å². The van der Waals surface area contributed by atoms with E-state index in [9.17, 15) is 4.79 Å². The molecule has 0 aliphatic carbocycles. The molecule has 27 heavy (non-hydrogen) atoms. The number of ether oxygens (including phenoxy) is 2. The molecule has 1 amide bonds. The van der Waals surface area contributed by atoms with Gasteiger partial charge in [-0.15, -0.1) is 0 Å². The summed E-state index contributed by atoms with van der Waals surface area (Å²) in [5.74, 6) is 1.38. The fourth-order valence-corrected chi connectivity index (χ4v) is 2.84. The molecule has 0 bridgehead atoms. The van der Waals surface area contributed by atoms with Gasteiger partial charge in [0.05, 0.1) is 10.7 Å². The lowest BCUT2D eigenvalue weighted by Crippen LogP contribution is -2.30. The molecule has 1 atom stereocenters. The van der Waals surface area contributed by atoms with E-state index in [-0.39, 0.29) is 5.91 Å². The minimum atomic E-state index is -0.653. The maximum Gasteiger partial charge on any atom is 0.265 e. The average Bonchev–Trinajstić information content (AvgIpc) is 2.66. The van der Waals surface area contributed by atoms with Crippen LogP contribution in [-0.4, -0.2) is 22.0 Å². The van der Waals surface area contributed by atoms with Gasteiger partial charge in [0.2, 0.25) is 5.88 Å². The minimum Gasteiger partial charge on any atom is -0.480 e.